The maximum Gasteiger partial charge on any atom is 0.369 e. The average molecular weight is 301 g/mol. The van der Waals surface area contributed by atoms with Crippen molar-refractivity contribution in [2.45, 2.75) is 19.3 Å². The maximum atomic E-state index is 11.9. The lowest BCUT2D eigenvalue weighted by Crippen LogP contribution is -2.26. The first-order chi connectivity index (χ1) is 10.6. The number of nitrogens with zero attached hydrogens (tertiary/aromatic N) is 3. The van der Waals surface area contributed by atoms with Crippen molar-refractivity contribution in [2.24, 2.45) is 5.16 Å². The third-order valence-electron chi connectivity index (χ3n) is 3.73. The van der Waals surface area contributed by atoms with E-state index in [1.165, 1.54) is 18.6 Å². The van der Waals surface area contributed by atoms with Crippen molar-refractivity contribution >= 4 is 17.4 Å². The molecule has 0 amide bonds. The minimum Gasteiger partial charge on any atom is -0.377 e. The molecule has 0 N–H and O–H groups in total. The smallest absolute Gasteiger partial charge is 0.369 e. The van der Waals surface area contributed by atoms with E-state index in [9.17, 15) is 14.9 Å². The summed E-state index contributed by atoms with van der Waals surface area (Å²) < 4.78 is 0. The lowest BCUT2D eigenvalue weighted by molar-refractivity contribution is -0.384. The Hall–Kier alpha value is -2.70. The summed E-state index contributed by atoms with van der Waals surface area (Å²) in [5.41, 5.74) is 1.15. The topological polar surface area (TPSA) is 85.0 Å². The molecule has 1 saturated heterocycles. The predicted octanol–water partition coefficient (Wildman–Crippen LogP) is 2.23. The highest BCUT2D eigenvalue weighted by Crippen LogP contribution is 2.22. The molecule has 114 valence electrons. The Balaban J connectivity index is 1.91. The average Bonchev–Trinajstić information content (AvgIpc) is 2.89. The Labute approximate surface area is 127 Å². The van der Waals surface area contributed by atoms with Crippen molar-refractivity contribution in [1.82, 2.24) is 4.90 Å². The van der Waals surface area contributed by atoms with E-state index >= 15 is 0 Å². The van der Waals surface area contributed by atoms with Crippen LogP contribution in [0.15, 0.2) is 41.2 Å². The van der Waals surface area contributed by atoms with Crippen LogP contribution in [0.2, 0.25) is 0 Å². The standard InChI is InChI=1S/C15H15N3O4/c19-15-13(10-17-7-2-1-3-8-17)14(16-22-15)11-5-4-6-12(9-11)18(20)21/h4-6,9-10H,1-3,7-8H2/b13-10-. The van der Waals surface area contributed by atoms with Gasteiger partial charge in [0.15, 0.2) is 0 Å². The number of piperidine rings is 1. The summed E-state index contributed by atoms with van der Waals surface area (Å²) in [5.74, 6) is -0.521. The third-order valence-corrected chi connectivity index (χ3v) is 3.73. The second-order valence-corrected chi connectivity index (χ2v) is 5.27. The van der Waals surface area contributed by atoms with Gasteiger partial charge in [0.1, 0.15) is 11.3 Å². The zero-order valence-electron chi connectivity index (χ0n) is 11.9. The van der Waals surface area contributed by atoms with E-state index in [0.717, 1.165) is 25.9 Å². The van der Waals surface area contributed by atoms with Gasteiger partial charge >= 0.3 is 5.97 Å². The fourth-order valence-electron chi connectivity index (χ4n) is 2.60. The zero-order chi connectivity index (χ0) is 15.5. The molecule has 7 nitrogen and oxygen atoms in total. The molecule has 2 aliphatic heterocycles. The van der Waals surface area contributed by atoms with Crippen molar-refractivity contribution < 1.29 is 14.6 Å². The fraction of sp³-hybridized carbons (Fsp3) is 0.333. The summed E-state index contributed by atoms with van der Waals surface area (Å²) in [6.45, 7) is 1.78. The molecule has 0 aromatic heterocycles. The van der Waals surface area contributed by atoms with E-state index in [-0.39, 0.29) is 5.69 Å². The number of hydrogen-bond donors (Lipinski definition) is 0. The summed E-state index contributed by atoms with van der Waals surface area (Å²) in [6, 6.07) is 6.04. The van der Waals surface area contributed by atoms with Crippen LogP contribution in [0, 0.1) is 10.1 Å². The number of carbonyl (C=O) groups is 1. The highest BCUT2D eigenvalue weighted by molar-refractivity contribution is 6.28. The number of nitro benzene ring substituents is 1. The summed E-state index contributed by atoms with van der Waals surface area (Å²) in [5, 5.41) is 14.7. The van der Waals surface area contributed by atoms with E-state index in [1.807, 2.05) is 0 Å². The van der Waals surface area contributed by atoms with E-state index < -0.39 is 10.9 Å². The number of benzene rings is 1. The number of hydrogen-bond acceptors (Lipinski definition) is 6. The first kappa shape index (κ1) is 14.2. The molecule has 0 radical (unpaired) electrons. The van der Waals surface area contributed by atoms with Gasteiger partial charge in [-0.25, -0.2) is 4.79 Å². The van der Waals surface area contributed by atoms with Crippen molar-refractivity contribution in [3.8, 4) is 0 Å². The van der Waals surface area contributed by atoms with Crippen LogP contribution in [0.4, 0.5) is 5.69 Å². The molecule has 22 heavy (non-hydrogen) atoms. The monoisotopic (exact) mass is 301 g/mol. The Kier molecular flexibility index (Phi) is 3.86. The van der Waals surface area contributed by atoms with E-state index in [0.29, 0.717) is 16.8 Å². The minimum atomic E-state index is -0.521. The van der Waals surface area contributed by atoms with Crippen LogP contribution in [-0.2, 0) is 9.63 Å². The number of likely N-dealkylation sites (tertiary alicyclic amines) is 1. The predicted molar refractivity (Wildman–Crippen MR) is 79.2 cm³/mol. The fourth-order valence-corrected chi connectivity index (χ4v) is 2.60. The number of carbonyl (C=O) groups excluding carboxylic acids is 1. The van der Waals surface area contributed by atoms with Gasteiger partial charge in [-0.15, -0.1) is 0 Å². The largest absolute Gasteiger partial charge is 0.377 e. The minimum absolute atomic E-state index is 0.0446. The summed E-state index contributed by atoms with van der Waals surface area (Å²) in [7, 11) is 0. The molecule has 7 heteroatoms. The van der Waals surface area contributed by atoms with Crippen LogP contribution in [0.5, 0.6) is 0 Å². The van der Waals surface area contributed by atoms with Gasteiger partial charge < -0.3 is 9.74 Å². The molecule has 0 unspecified atom stereocenters. The Morgan fingerprint density at radius 1 is 1.27 bits per heavy atom. The summed E-state index contributed by atoms with van der Waals surface area (Å²) >= 11 is 0. The summed E-state index contributed by atoms with van der Waals surface area (Å²) in [6.07, 6.45) is 5.12. The van der Waals surface area contributed by atoms with Gasteiger partial charge in [0.05, 0.1) is 4.92 Å². The zero-order valence-corrected chi connectivity index (χ0v) is 11.9. The number of rotatable bonds is 3. The van der Waals surface area contributed by atoms with E-state index in [1.54, 1.807) is 18.3 Å². The van der Waals surface area contributed by atoms with Crippen molar-refractivity contribution in [1.29, 1.82) is 0 Å². The maximum absolute atomic E-state index is 11.9. The van der Waals surface area contributed by atoms with Gasteiger partial charge in [0, 0.05) is 37.0 Å². The molecule has 0 bridgehead atoms. The van der Waals surface area contributed by atoms with Gasteiger partial charge in [-0.2, -0.15) is 0 Å². The first-order valence-electron chi connectivity index (χ1n) is 7.15. The SMILES string of the molecule is O=C1ON=C(c2cccc([N+](=O)[O-])c2)/C1=C/N1CCCCC1. The summed E-state index contributed by atoms with van der Waals surface area (Å²) in [4.78, 5) is 29.1. The first-order valence-corrected chi connectivity index (χ1v) is 7.15. The lowest BCUT2D eigenvalue weighted by Gasteiger charge is -2.25. The van der Waals surface area contributed by atoms with Crippen LogP contribution in [0.25, 0.3) is 0 Å². The molecule has 1 fully saturated rings. The van der Waals surface area contributed by atoms with Crippen LogP contribution >= 0.6 is 0 Å². The Bertz CT molecular complexity index is 675. The molecule has 3 rings (SSSR count). The highest BCUT2D eigenvalue weighted by atomic mass is 16.7. The Morgan fingerprint density at radius 3 is 2.77 bits per heavy atom. The highest BCUT2D eigenvalue weighted by Gasteiger charge is 2.28. The molecule has 1 aromatic carbocycles. The number of oxime groups is 1. The van der Waals surface area contributed by atoms with Gasteiger partial charge in [-0.1, -0.05) is 17.3 Å². The molecular formula is C15H15N3O4. The normalized spacial score (nSPS) is 20.0. The quantitative estimate of drug-likeness (QED) is 0.370. The van der Waals surface area contributed by atoms with Gasteiger partial charge in [-0.3, -0.25) is 10.1 Å². The lowest BCUT2D eigenvalue weighted by atomic mass is 10.0. The van der Waals surface area contributed by atoms with Gasteiger partial charge in [-0.05, 0) is 19.3 Å². The van der Waals surface area contributed by atoms with Crippen molar-refractivity contribution in [2.75, 3.05) is 13.1 Å². The van der Waals surface area contributed by atoms with E-state index in [2.05, 4.69) is 10.1 Å². The molecule has 1 aromatic rings. The van der Waals surface area contributed by atoms with Crippen molar-refractivity contribution in [3.63, 3.8) is 0 Å². The van der Waals surface area contributed by atoms with Crippen LogP contribution in [-0.4, -0.2) is 34.6 Å². The molecule has 0 spiro atoms. The molecule has 2 heterocycles. The second kappa shape index (κ2) is 5.97. The second-order valence-electron chi connectivity index (χ2n) is 5.27. The molecule has 0 atom stereocenters. The Morgan fingerprint density at radius 2 is 2.05 bits per heavy atom. The molecule has 2 aliphatic rings. The van der Waals surface area contributed by atoms with Crippen LogP contribution in [0.3, 0.4) is 0 Å². The van der Waals surface area contributed by atoms with Crippen LogP contribution in [0.1, 0.15) is 24.8 Å². The third kappa shape index (κ3) is 2.83. The van der Waals surface area contributed by atoms with E-state index in [4.69, 9.17) is 4.84 Å². The molecular weight excluding hydrogens is 286 g/mol. The molecule has 0 aliphatic carbocycles. The number of nitro groups is 1. The van der Waals surface area contributed by atoms with Gasteiger partial charge in [0.25, 0.3) is 5.69 Å². The number of non-ortho nitro benzene ring substituents is 1. The molecule has 0 saturated carbocycles. The van der Waals surface area contributed by atoms with Gasteiger partial charge in [0.2, 0.25) is 0 Å². The van der Waals surface area contributed by atoms with Crippen LogP contribution < -0.4 is 0 Å². The van der Waals surface area contributed by atoms with Crippen molar-refractivity contribution in [3.05, 3.63) is 51.7 Å².